The van der Waals surface area contributed by atoms with Crippen molar-refractivity contribution in [3.8, 4) is 0 Å². The molecule has 1 aliphatic carbocycles. The fourth-order valence-electron chi connectivity index (χ4n) is 4.83. The van der Waals surface area contributed by atoms with Crippen molar-refractivity contribution in [1.82, 2.24) is 0 Å². The van der Waals surface area contributed by atoms with Crippen molar-refractivity contribution in [2.24, 2.45) is 0 Å². The molecule has 1 N–H and O–H groups in total. The molecule has 0 aromatic heterocycles. The highest BCUT2D eigenvalue weighted by Gasteiger charge is 2.30. The Bertz CT molecular complexity index is 873. The third kappa shape index (κ3) is 5.22. The van der Waals surface area contributed by atoms with Crippen molar-refractivity contribution in [3.05, 3.63) is 64.7 Å². The number of quaternary nitrogens is 1. The number of nitro groups is 1. The molecule has 164 valence electrons. The zero-order chi connectivity index (χ0) is 21.6. The molecule has 0 spiro atoms. The maximum Gasteiger partial charge on any atom is 0.282 e. The lowest BCUT2D eigenvalue weighted by molar-refractivity contribution is -0.892. The van der Waals surface area contributed by atoms with E-state index < -0.39 is 0 Å². The Kier molecular flexibility index (Phi) is 6.82. The third-order valence-electron chi connectivity index (χ3n) is 6.54. The van der Waals surface area contributed by atoms with Crippen LogP contribution in [0.4, 0.5) is 17.1 Å². The summed E-state index contributed by atoms with van der Waals surface area (Å²) < 4.78 is 0. The summed E-state index contributed by atoms with van der Waals surface area (Å²) in [5, 5.41) is 10.9. The summed E-state index contributed by atoms with van der Waals surface area (Å²) in [6.45, 7) is 3.97. The van der Waals surface area contributed by atoms with Crippen LogP contribution in [0.3, 0.4) is 0 Å². The van der Waals surface area contributed by atoms with E-state index in [0.717, 1.165) is 50.4 Å². The van der Waals surface area contributed by atoms with E-state index in [2.05, 4.69) is 9.80 Å². The Hall–Kier alpha value is -2.93. The van der Waals surface area contributed by atoms with Gasteiger partial charge in [-0.05, 0) is 37.1 Å². The average molecular weight is 424 g/mol. The van der Waals surface area contributed by atoms with E-state index in [1.54, 1.807) is 12.1 Å². The Balaban J connectivity index is 1.37. The molecule has 2 fully saturated rings. The lowest BCUT2D eigenvalue weighted by Gasteiger charge is -2.37. The number of hydrogen-bond acceptors (Lipinski definition) is 4. The molecule has 4 rings (SSSR count). The number of rotatable bonds is 6. The number of para-hydroxylation sites is 1. The van der Waals surface area contributed by atoms with Crippen LogP contribution in [0.15, 0.2) is 54.6 Å². The van der Waals surface area contributed by atoms with Gasteiger partial charge in [0.1, 0.15) is 0 Å². The first-order valence-corrected chi connectivity index (χ1v) is 11.3. The van der Waals surface area contributed by atoms with Crippen LogP contribution in [0, 0.1) is 10.1 Å². The van der Waals surface area contributed by atoms with E-state index in [1.807, 2.05) is 42.5 Å². The minimum atomic E-state index is -0.373. The van der Waals surface area contributed by atoms with Crippen LogP contribution in [0.2, 0.25) is 0 Å². The van der Waals surface area contributed by atoms with Gasteiger partial charge in [-0.25, -0.2) is 0 Å². The molecule has 1 amide bonds. The quantitative estimate of drug-likeness (QED) is 0.573. The van der Waals surface area contributed by atoms with Gasteiger partial charge in [0.25, 0.3) is 11.6 Å². The SMILES string of the molecule is O=C(C[NH+]1CCN(c2ccc([N+](=O)[O-])cc2)CC1)N(c1ccccc1)C1CCCCC1. The molecule has 31 heavy (non-hydrogen) atoms. The first-order chi connectivity index (χ1) is 15.1. The first-order valence-electron chi connectivity index (χ1n) is 11.3. The zero-order valence-electron chi connectivity index (χ0n) is 17.9. The molecule has 7 heteroatoms. The molecule has 0 atom stereocenters. The number of carbonyl (C=O) groups excluding carboxylic acids is 1. The highest BCUT2D eigenvalue weighted by molar-refractivity contribution is 5.94. The number of piperazine rings is 1. The summed E-state index contributed by atoms with van der Waals surface area (Å²) in [6.07, 6.45) is 5.83. The predicted octanol–water partition coefficient (Wildman–Crippen LogP) is 2.67. The molecule has 2 aromatic rings. The van der Waals surface area contributed by atoms with Gasteiger partial charge >= 0.3 is 0 Å². The summed E-state index contributed by atoms with van der Waals surface area (Å²) in [5.74, 6) is 0.219. The molecule has 1 heterocycles. The first kappa shape index (κ1) is 21.3. The van der Waals surface area contributed by atoms with E-state index >= 15 is 0 Å². The van der Waals surface area contributed by atoms with Gasteiger partial charge < -0.3 is 14.7 Å². The summed E-state index contributed by atoms with van der Waals surface area (Å²) >= 11 is 0. The number of nitro benzene ring substituents is 1. The summed E-state index contributed by atoms with van der Waals surface area (Å²) in [4.78, 5) is 29.5. The molecule has 0 radical (unpaired) electrons. The normalized spacial score (nSPS) is 18.0. The molecule has 1 saturated carbocycles. The second kappa shape index (κ2) is 9.92. The minimum Gasteiger partial charge on any atom is -0.360 e. The van der Waals surface area contributed by atoms with Crippen molar-refractivity contribution >= 4 is 23.0 Å². The second-order valence-corrected chi connectivity index (χ2v) is 8.58. The van der Waals surface area contributed by atoms with Gasteiger partial charge in [-0.2, -0.15) is 0 Å². The number of hydrogen-bond donors (Lipinski definition) is 1. The predicted molar refractivity (Wildman–Crippen MR) is 122 cm³/mol. The number of nitrogens with one attached hydrogen (secondary N) is 1. The summed E-state index contributed by atoms with van der Waals surface area (Å²) in [5.41, 5.74) is 2.13. The fourth-order valence-corrected chi connectivity index (χ4v) is 4.83. The molecule has 0 unspecified atom stereocenters. The number of carbonyl (C=O) groups is 1. The van der Waals surface area contributed by atoms with E-state index in [1.165, 1.54) is 24.2 Å². The molecule has 2 aliphatic rings. The summed E-state index contributed by atoms with van der Waals surface area (Å²) in [7, 11) is 0. The molecule has 1 saturated heterocycles. The van der Waals surface area contributed by atoms with Crippen LogP contribution in [0.1, 0.15) is 32.1 Å². The van der Waals surface area contributed by atoms with Crippen LogP contribution >= 0.6 is 0 Å². The van der Waals surface area contributed by atoms with Crippen LogP contribution in [0.25, 0.3) is 0 Å². The minimum absolute atomic E-state index is 0.113. The number of nitrogens with zero attached hydrogens (tertiary/aromatic N) is 3. The standard InChI is InChI=1S/C24H30N4O3/c29-24(27(21-7-3-1-4-8-21)22-9-5-2-6-10-22)19-25-15-17-26(18-16-25)20-11-13-23(14-12-20)28(30)31/h1,3-4,7-8,11-14,22H,2,5-6,9-10,15-19H2/p+1. The van der Waals surface area contributed by atoms with Crippen molar-refractivity contribution in [2.75, 3.05) is 42.5 Å². The second-order valence-electron chi connectivity index (χ2n) is 8.58. The molecule has 2 aromatic carbocycles. The fraction of sp³-hybridized carbons (Fsp3) is 0.458. The topological polar surface area (TPSA) is 71.1 Å². The number of anilines is 2. The monoisotopic (exact) mass is 423 g/mol. The molecule has 0 bridgehead atoms. The van der Waals surface area contributed by atoms with Gasteiger partial charge in [-0.15, -0.1) is 0 Å². The zero-order valence-corrected chi connectivity index (χ0v) is 17.9. The van der Waals surface area contributed by atoms with Crippen LogP contribution in [-0.4, -0.2) is 49.6 Å². The van der Waals surface area contributed by atoms with E-state index in [9.17, 15) is 14.9 Å². The van der Waals surface area contributed by atoms with Crippen molar-refractivity contribution in [2.45, 2.75) is 38.1 Å². The Morgan fingerprint density at radius 3 is 2.26 bits per heavy atom. The van der Waals surface area contributed by atoms with Crippen molar-refractivity contribution in [3.63, 3.8) is 0 Å². The van der Waals surface area contributed by atoms with Gasteiger partial charge in [-0.3, -0.25) is 14.9 Å². The van der Waals surface area contributed by atoms with Crippen LogP contribution < -0.4 is 14.7 Å². The average Bonchev–Trinajstić information content (AvgIpc) is 2.81. The van der Waals surface area contributed by atoms with Crippen LogP contribution in [-0.2, 0) is 4.79 Å². The Morgan fingerprint density at radius 2 is 1.65 bits per heavy atom. The lowest BCUT2D eigenvalue weighted by atomic mass is 9.93. The van der Waals surface area contributed by atoms with Crippen molar-refractivity contribution in [1.29, 1.82) is 0 Å². The maximum atomic E-state index is 13.4. The summed E-state index contributed by atoms with van der Waals surface area (Å²) in [6, 6.07) is 17.2. The highest BCUT2D eigenvalue weighted by atomic mass is 16.6. The van der Waals surface area contributed by atoms with E-state index in [4.69, 9.17) is 0 Å². The Morgan fingerprint density at radius 1 is 1.00 bits per heavy atom. The van der Waals surface area contributed by atoms with Gasteiger partial charge in [0.15, 0.2) is 6.54 Å². The van der Waals surface area contributed by atoms with Gasteiger partial charge in [0.2, 0.25) is 0 Å². The van der Waals surface area contributed by atoms with Gasteiger partial charge in [0, 0.05) is 29.5 Å². The molecular formula is C24H31N4O3+. The van der Waals surface area contributed by atoms with E-state index in [0.29, 0.717) is 12.6 Å². The van der Waals surface area contributed by atoms with Gasteiger partial charge in [0.05, 0.1) is 31.1 Å². The molecule has 7 nitrogen and oxygen atoms in total. The van der Waals surface area contributed by atoms with Crippen molar-refractivity contribution < 1.29 is 14.6 Å². The molecular weight excluding hydrogens is 392 g/mol. The number of amides is 1. The molecule has 1 aliphatic heterocycles. The van der Waals surface area contributed by atoms with Gasteiger partial charge in [-0.1, -0.05) is 37.5 Å². The van der Waals surface area contributed by atoms with Crippen LogP contribution in [0.5, 0.6) is 0 Å². The third-order valence-corrected chi connectivity index (χ3v) is 6.54. The largest absolute Gasteiger partial charge is 0.360 e. The maximum absolute atomic E-state index is 13.4. The number of non-ortho nitro benzene ring substituents is 1. The smallest absolute Gasteiger partial charge is 0.282 e. The number of benzene rings is 2. The van der Waals surface area contributed by atoms with E-state index in [-0.39, 0.29) is 16.5 Å². The Labute approximate surface area is 183 Å². The lowest BCUT2D eigenvalue weighted by Crippen LogP contribution is -3.16. The highest BCUT2D eigenvalue weighted by Crippen LogP contribution is 2.27.